The van der Waals surface area contributed by atoms with Crippen molar-refractivity contribution < 1.29 is 41.0 Å². The second-order valence-corrected chi connectivity index (χ2v) is 8.27. The molecule has 1 aliphatic carbocycles. The molecule has 2 fully saturated rings. The first-order valence-corrected chi connectivity index (χ1v) is 10.6. The highest BCUT2D eigenvalue weighted by molar-refractivity contribution is 6.30. The van der Waals surface area contributed by atoms with Gasteiger partial charge in [-0.1, -0.05) is 11.6 Å². The molecule has 2 aromatic rings. The van der Waals surface area contributed by atoms with Crippen molar-refractivity contribution in [3.05, 3.63) is 40.8 Å². The summed E-state index contributed by atoms with van der Waals surface area (Å²) in [5.41, 5.74) is 0. The molecule has 0 bridgehead atoms. The van der Waals surface area contributed by atoms with E-state index in [2.05, 4.69) is 20.3 Å². The van der Waals surface area contributed by atoms with Crippen molar-refractivity contribution in [2.75, 3.05) is 13.2 Å². The largest absolute Gasteiger partial charge is 0.522 e. The van der Waals surface area contributed by atoms with E-state index in [4.69, 9.17) is 25.5 Å². The molecule has 1 N–H and O–H groups in total. The molecule has 0 unspecified atom stereocenters. The van der Waals surface area contributed by atoms with E-state index in [0.29, 0.717) is 12.8 Å². The lowest BCUT2D eigenvalue weighted by atomic mass is 9.82. The van der Waals surface area contributed by atoms with Crippen LogP contribution in [0, 0.1) is 5.82 Å². The number of benzene rings is 1. The molecule has 0 spiro atoms. The summed E-state index contributed by atoms with van der Waals surface area (Å²) in [6.07, 6.45) is -4.62. The molecule has 4 rings (SSSR count). The quantitative estimate of drug-likeness (QED) is 0.581. The fraction of sp³-hybridized carbons (Fsp3) is 0.550. The Bertz CT molecular complexity index is 975. The van der Waals surface area contributed by atoms with Gasteiger partial charge in [0.2, 0.25) is 11.8 Å². The van der Waals surface area contributed by atoms with E-state index < -0.39 is 30.3 Å². The summed E-state index contributed by atoms with van der Waals surface area (Å²) in [7, 11) is 0. The third kappa shape index (κ3) is 6.33. The summed E-state index contributed by atoms with van der Waals surface area (Å²) < 4.78 is 70.6. The molecule has 8 nitrogen and oxygen atoms in total. The Hall–Kier alpha value is -2.44. The Balaban J connectivity index is 1.18. The van der Waals surface area contributed by atoms with Gasteiger partial charge in [-0.2, -0.15) is 0 Å². The summed E-state index contributed by atoms with van der Waals surface area (Å²) in [5.74, 6) is -0.606. The molecule has 1 saturated heterocycles. The summed E-state index contributed by atoms with van der Waals surface area (Å²) in [6.45, 7) is -0.0942. The predicted octanol–water partition coefficient (Wildman–Crippen LogP) is 4.06. The number of aromatic nitrogens is 2. The first-order chi connectivity index (χ1) is 15.7. The van der Waals surface area contributed by atoms with Gasteiger partial charge < -0.3 is 19.2 Å². The number of amides is 1. The molecule has 1 amide bonds. The second kappa shape index (κ2) is 9.82. The number of nitrogens with one attached hydrogen (secondary N) is 1. The molecular formula is C20H20ClF4N3O5. The molecule has 0 radical (unpaired) electrons. The zero-order chi connectivity index (χ0) is 23.6. The van der Waals surface area contributed by atoms with Crippen LogP contribution in [0.4, 0.5) is 17.6 Å². The van der Waals surface area contributed by atoms with Crippen LogP contribution < -0.4 is 10.1 Å². The van der Waals surface area contributed by atoms with E-state index in [0.717, 1.165) is 6.07 Å². The molecule has 1 aromatic carbocycles. The Morgan fingerprint density at radius 1 is 1.21 bits per heavy atom. The van der Waals surface area contributed by atoms with Crippen LogP contribution in [0.1, 0.15) is 49.5 Å². The van der Waals surface area contributed by atoms with E-state index in [1.807, 2.05) is 0 Å². The maximum Gasteiger partial charge on any atom is 0.522 e. The number of carbonyl (C=O) groups is 1. The average Bonchev–Trinajstić information content (AvgIpc) is 3.21. The van der Waals surface area contributed by atoms with Crippen LogP contribution in [0.5, 0.6) is 5.75 Å². The van der Waals surface area contributed by atoms with Crippen LogP contribution in [0.2, 0.25) is 5.02 Å². The predicted molar refractivity (Wildman–Crippen MR) is 104 cm³/mol. The number of rotatable bonds is 7. The normalized spacial score (nSPS) is 25.4. The van der Waals surface area contributed by atoms with Gasteiger partial charge in [0.15, 0.2) is 6.61 Å². The van der Waals surface area contributed by atoms with Crippen LogP contribution in [0.3, 0.4) is 0 Å². The molecule has 180 valence electrons. The molecule has 2 heterocycles. The first-order valence-electron chi connectivity index (χ1n) is 10.2. The van der Waals surface area contributed by atoms with E-state index >= 15 is 0 Å². The monoisotopic (exact) mass is 493 g/mol. The molecule has 1 aromatic heterocycles. The van der Waals surface area contributed by atoms with Gasteiger partial charge in [0.1, 0.15) is 17.7 Å². The topological polar surface area (TPSA) is 95.7 Å². The number of carbonyl (C=O) groups excluding carboxylic acids is 1. The lowest BCUT2D eigenvalue weighted by Gasteiger charge is -2.33. The Morgan fingerprint density at radius 3 is 2.64 bits per heavy atom. The van der Waals surface area contributed by atoms with Crippen molar-refractivity contribution in [3.8, 4) is 5.75 Å². The van der Waals surface area contributed by atoms with Crippen LogP contribution >= 0.6 is 11.6 Å². The number of halogens is 5. The molecule has 13 heteroatoms. The number of hydrogen-bond donors (Lipinski definition) is 1. The highest BCUT2D eigenvalue weighted by atomic mass is 35.5. The van der Waals surface area contributed by atoms with Gasteiger partial charge in [0, 0.05) is 12.0 Å². The van der Waals surface area contributed by atoms with Crippen molar-refractivity contribution in [1.82, 2.24) is 15.5 Å². The maximum absolute atomic E-state index is 13.4. The molecular weight excluding hydrogens is 474 g/mol. The first kappa shape index (κ1) is 23.7. The smallest absolute Gasteiger partial charge is 0.484 e. The minimum atomic E-state index is -4.66. The lowest BCUT2D eigenvalue weighted by Crippen LogP contribution is -2.43. The highest BCUT2D eigenvalue weighted by Gasteiger charge is 2.42. The van der Waals surface area contributed by atoms with Gasteiger partial charge in [-0.3, -0.25) is 9.53 Å². The average molecular weight is 494 g/mol. The van der Waals surface area contributed by atoms with Gasteiger partial charge in [-0.05, 0) is 37.8 Å². The van der Waals surface area contributed by atoms with Crippen LogP contribution in [-0.2, 0) is 14.3 Å². The van der Waals surface area contributed by atoms with Gasteiger partial charge in [0.25, 0.3) is 5.91 Å². The minimum absolute atomic E-state index is 0.0403. The summed E-state index contributed by atoms with van der Waals surface area (Å²) >= 11 is 5.60. The van der Waals surface area contributed by atoms with Crippen molar-refractivity contribution in [2.24, 2.45) is 0 Å². The highest BCUT2D eigenvalue weighted by Crippen LogP contribution is 2.41. The molecule has 2 atom stereocenters. The van der Waals surface area contributed by atoms with E-state index in [1.54, 1.807) is 0 Å². The van der Waals surface area contributed by atoms with Gasteiger partial charge in [0.05, 0.1) is 23.8 Å². The van der Waals surface area contributed by atoms with Crippen LogP contribution in [0.15, 0.2) is 22.6 Å². The Morgan fingerprint density at radius 2 is 1.97 bits per heavy atom. The van der Waals surface area contributed by atoms with Crippen molar-refractivity contribution in [2.45, 2.75) is 56.2 Å². The SMILES string of the molecule is O=C(COc1ccc(Cl)c(F)c1)N[C@@H]1CC[C@@H](c2nnc([C@H]3C[C@@H](OC(F)(F)F)C3)o2)OC1. The molecule has 1 saturated carbocycles. The third-order valence-corrected chi connectivity index (χ3v) is 5.68. The molecule has 33 heavy (non-hydrogen) atoms. The standard InChI is InChI=1S/C20H20ClF4N3O5/c21-14-3-2-12(7-15(14)22)30-9-17(29)26-11-1-4-16(31-8-11)19-28-27-18(32-19)10-5-13(6-10)33-20(23,24)25/h2-3,7,10-11,13,16H,1,4-6,8-9H2,(H,26,29)/t10-,11-,13+,16+/m1/s1. The number of hydrogen-bond acceptors (Lipinski definition) is 7. The zero-order valence-corrected chi connectivity index (χ0v) is 17.9. The fourth-order valence-corrected chi connectivity index (χ4v) is 3.76. The van der Waals surface area contributed by atoms with Crippen molar-refractivity contribution in [1.29, 1.82) is 0 Å². The fourth-order valence-electron chi connectivity index (χ4n) is 3.64. The number of alkyl halides is 3. The second-order valence-electron chi connectivity index (χ2n) is 7.86. The van der Waals surface area contributed by atoms with Gasteiger partial charge >= 0.3 is 6.36 Å². The molecule has 2 aliphatic rings. The lowest BCUT2D eigenvalue weighted by molar-refractivity contribution is -0.352. The zero-order valence-electron chi connectivity index (χ0n) is 17.1. The van der Waals surface area contributed by atoms with E-state index in [-0.39, 0.29) is 60.6 Å². The van der Waals surface area contributed by atoms with Crippen LogP contribution in [-0.4, -0.2) is 47.8 Å². The van der Waals surface area contributed by atoms with Crippen molar-refractivity contribution in [3.63, 3.8) is 0 Å². The minimum Gasteiger partial charge on any atom is -0.484 e. The molecule has 1 aliphatic heterocycles. The van der Waals surface area contributed by atoms with Crippen LogP contribution in [0.25, 0.3) is 0 Å². The number of nitrogens with zero attached hydrogens (tertiary/aromatic N) is 2. The van der Waals surface area contributed by atoms with Gasteiger partial charge in [-0.15, -0.1) is 23.4 Å². The van der Waals surface area contributed by atoms with Gasteiger partial charge in [-0.25, -0.2) is 4.39 Å². The summed E-state index contributed by atoms with van der Waals surface area (Å²) in [6, 6.07) is 3.63. The summed E-state index contributed by atoms with van der Waals surface area (Å²) in [4.78, 5) is 12.1. The Labute approximate surface area is 190 Å². The summed E-state index contributed by atoms with van der Waals surface area (Å²) in [5, 5.41) is 10.6. The van der Waals surface area contributed by atoms with E-state index in [1.165, 1.54) is 12.1 Å². The maximum atomic E-state index is 13.4. The third-order valence-electron chi connectivity index (χ3n) is 5.38. The van der Waals surface area contributed by atoms with E-state index in [9.17, 15) is 22.4 Å². The Kier molecular flexibility index (Phi) is 7.05. The van der Waals surface area contributed by atoms with Crippen molar-refractivity contribution >= 4 is 17.5 Å². The number of ether oxygens (including phenoxy) is 3.